The molecule has 2 rings (SSSR count). The van der Waals surface area contributed by atoms with Crippen molar-refractivity contribution >= 4 is 39.8 Å². The van der Waals surface area contributed by atoms with E-state index in [2.05, 4.69) is 32.7 Å². The molecule has 0 aliphatic carbocycles. The number of halogens is 2. The zero-order valence-corrected chi connectivity index (χ0v) is 22.3. The molecule has 0 spiro atoms. The summed E-state index contributed by atoms with van der Waals surface area (Å²) in [5, 5.41) is 6.56. The van der Waals surface area contributed by atoms with Crippen LogP contribution in [0.4, 0.5) is 4.39 Å². The van der Waals surface area contributed by atoms with E-state index >= 15 is 0 Å². The minimum atomic E-state index is -3.23. The summed E-state index contributed by atoms with van der Waals surface area (Å²) in [4.78, 5) is 6.74. The molecule has 1 atom stereocenters. The van der Waals surface area contributed by atoms with Gasteiger partial charge in [-0.25, -0.2) is 17.8 Å². The van der Waals surface area contributed by atoms with Gasteiger partial charge in [-0.2, -0.15) is 0 Å². The van der Waals surface area contributed by atoms with Crippen molar-refractivity contribution < 1.29 is 12.8 Å². The van der Waals surface area contributed by atoms with Crippen LogP contribution in [-0.4, -0.2) is 58.8 Å². The minimum Gasteiger partial charge on any atom is -0.357 e. The van der Waals surface area contributed by atoms with E-state index in [0.717, 1.165) is 6.42 Å². The Bertz CT molecular complexity index is 969. The standard InChI is InChI=1S/C23H33FN4O2S.HI/c1-5-25-23(27-16-22(28(2)3)13-18-9-7-6-8-10-18)26-15-20-14-21(24)12-11-19(20)17-31(4,29)30;/h6-12,14,22H,5,13,15-17H2,1-4H3,(H2,25,26,27);1H. The highest BCUT2D eigenvalue weighted by Gasteiger charge is 2.14. The Morgan fingerprint density at radius 3 is 2.38 bits per heavy atom. The molecule has 0 aliphatic rings. The zero-order valence-electron chi connectivity index (χ0n) is 19.1. The summed E-state index contributed by atoms with van der Waals surface area (Å²) in [7, 11) is 0.861. The lowest BCUT2D eigenvalue weighted by atomic mass is 10.1. The Hall–Kier alpha value is -1.72. The lowest BCUT2D eigenvalue weighted by Crippen LogP contribution is -2.46. The van der Waals surface area contributed by atoms with Crippen molar-refractivity contribution in [2.75, 3.05) is 33.4 Å². The highest BCUT2D eigenvalue weighted by atomic mass is 127. The second-order valence-electron chi connectivity index (χ2n) is 7.87. The quantitative estimate of drug-likeness (QED) is 0.258. The van der Waals surface area contributed by atoms with E-state index in [1.165, 1.54) is 30.0 Å². The Kier molecular flexibility index (Phi) is 12.2. The van der Waals surface area contributed by atoms with Gasteiger partial charge in [-0.3, -0.25) is 0 Å². The van der Waals surface area contributed by atoms with E-state index in [1.807, 2.05) is 39.2 Å². The summed E-state index contributed by atoms with van der Waals surface area (Å²) in [6.45, 7) is 3.51. The molecule has 1 unspecified atom stereocenters. The van der Waals surface area contributed by atoms with E-state index in [1.54, 1.807) is 0 Å². The molecule has 0 saturated carbocycles. The van der Waals surface area contributed by atoms with Crippen LogP contribution in [0.3, 0.4) is 0 Å². The third-order valence-corrected chi connectivity index (χ3v) is 5.72. The number of hydrogen-bond donors (Lipinski definition) is 2. The number of hydrogen-bond acceptors (Lipinski definition) is 4. The lowest BCUT2D eigenvalue weighted by molar-refractivity contribution is 0.290. The van der Waals surface area contributed by atoms with Crippen LogP contribution < -0.4 is 10.6 Å². The number of sulfone groups is 1. The van der Waals surface area contributed by atoms with Crippen molar-refractivity contribution in [2.45, 2.75) is 31.7 Å². The molecule has 0 amide bonds. The number of nitrogens with one attached hydrogen (secondary N) is 2. The maximum atomic E-state index is 13.8. The van der Waals surface area contributed by atoms with Crippen LogP contribution in [0.25, 0.3) is 0 Å². The Balaban J connectivity index is 0.00000512. The van der Waals surface area contributed by atoms with Crippen molar-refractivity contribution in [3.8, 4) is 0 Å². The molecule has 2 aromatic carbocycles. The van der Waals surface area contributed by atoms with Gasteiger partial charge in [0.1, 0.15) is 5.82 Å². The monoisotopic (exact) mass is 576 g/mol. The van der Waals surface area contributed by atoms with Crippen LogP contribution in [0.2, 0.25) is 0 Å². The van der Waals surface area contributed by atoms with E-state index in [4.69, 9.17) is 0 Å². The first kappa shape index (κ1) is 28.3. The summed E-state index contributed by atoms with van der Waals surface area (Å²) in [6, 6.07) is 14.7. The lowest BCUT2D eigenvalue weighted by Gasteiger charge is -2.25. The molecule has 0 radical (unpaired) electrons. The van der Waals surface area contributed by atoms with Gasteiger partial charge < -0.3 is 15.5 Å². The third-order valence-electron chi connectivity index (χ3n) is 4.89. The molecular weight excluding hydrogens is 542 g/mol. The molecule has 0 aromatic heterocycles. The number of rotatable bonds is 10. The van der Waals surface area contributed by atoms with Gasteiger partial charge in [-0.1, -0.05) is 36.4 Å². The summed E-state index contributed by atoms with van der Waals surface area (Å²) >= 11 is 0. The molecule has 9 heteroatoms. The maximum absolute atomic E-state index is 13.8. The van der Waals surface area contributed by atoms with E-state index in [-0.39, 0.29) is 42.3 Å². The third kappa shape index (κ3) is 10.3. The van der Waals surface area contributed by atoms with Crippen LogP contribution in [0.15, 0.2) is 53.5 Å². The first-order valence-electron chi connectivity index (χ1n) is 10.4. The molecule has 2 aromatic rings. The summed E-state index contributed by atoms with van der Waals surface area (Å²) in [5.41, 5.74) is 2.39. The number of aliphatic imine (C=N–C) groups is 1. The number of benzene rings is 2. The number of likely N-dealkylation sites (N-methyl/N-ethyl adjacent to an activating group) is 1. The second-order valence-corrected chi connectivity index (χ2v) is 10.0. The van der Waals surface area contributed by atoms with Crippen LogP contribution in [0, 0.1) is 5.82 Å². The maximum Gasteiger partial charge on any atom is 0.191 e. The molecule has 0 aliphatic heterocycles. The minimum absolute atomic E-state index is 0. The fourth-order valence-corrected chi connectivity index (χ4v) is 4.06. The molecular formula is C23H34FIN4O2S. The van der Waals surface area contributed by atoms with Crippen molar-refractivity contribution in [2.24, 2.45) is 4.99 Å². The second kappa shape index (κ2) is 13.7. The van der Waals surface area contributed by atoms with Crippen molar-refractivity contribution in [1.82, 2.24) is 15.5 Å². The molecule has 2 N–H and O–H groups in total. The van der Waals surface area contributed by atoms with Gasteiger partial charge in [-0.15, -0.1) is 24.0 Å². The van der Waals surface area contributed by atoms with E-state index in [0.29, 0.717) is 30.2 Å². The molecule has 0 saturated heterocycles. The SMILES string of the molecule is CCNC(=NCc1cc(F)ccc1CS(C)(=O)=O)NCC(Cc1ccccc1)N(C)C.I. The number of guanidine groups is 1. The largest absolute Gasteiger partial charge is 0.357 e. The highest BCUT2D eigenvalue weighted by Crippen LogP contribution is 2.15. The van der Waals surface area contributed by atoms with E-state index in [9.17, 15) is 12.8 Å². The summed E-state index contributed by atoms with van der Waals surface area (Å²) in [6.07, 6.45) is 2.06. The molecule has 0 heterocycles. The van der Waals surface area contributed by atoms with Gasteiger partial charge in [0.2, 0.25) is 0 Å². The van der Waals surface area contributed by atoms with Gasteiger partial charge in [-0.05, 0) is 56.3 Å². The predicted octanol–water partition coefficient (Wildman–Crippen LogP) is 3.22. The van der Waals surface area contributed by atoms with Crippen molar-refractivity contribution in [1.29, 1.82) is 0 Å². The van der Waals surface area contributed by atoms with Gasteiger partial charge in [0.15, 0.2) is 15.8 Å². The molecule has 6 nitrogen and oxygen atoms in total. The van der Waals surface area contributed by atoms with Crippen LogP contribution >= 0.6 is 24.0 Å². The topological polar surface area (TPSA) is 73.8 Å². The molecule has 0 bridgehead atoms. The highest BCUT2D eigenvalue weighted by molar-refractivity contribution is 14.0. The number of nitrogens with zero attached hydrogens (tertiary/aromatic N) is 2. The van der Waals surface area contributed by atoms with Crippen LogP contribution in [-0.2, 0) is 28.6 Å². The fourth-order valence-electron chi connectivity index (χ4n) is 3.21. The van der Waals surface area contributed by atoms with Crippen LogP contribution in [0.1, 0.15) is 23.6 Å². The van der Waals surface area contributed by atoms with Gasteiger partial charge in [0, 0.05) is 25.4 Å². The van der Waals surface area contributed by atoms with Crippen molar-refractivity contribution in [3.05, 3.63) is 71.0 Å². The molecule has 0 fully saturated rings. The predicted molar refractivity (Wildman–Crippen MR) is 141 cm³/mol. The fraction of sp³-hybridized carbons (Fsp3) is 0.435. The van der Waals surface area contributed by atoms with Gasteiger partial charge in [0.05, 0.1) is 12.3 Å². The average molecular weight is 577 g/mol. The zero-order chi connectivity index (χ0) is 22.9. The Morgan fingerprint density at radius 1 is 1.09 bits per heavy atom. The summed E-state index contributed by atoms with van der Waals surface area (Å²) < 4.78 is 37.2. The van der Waals surface area contributed by atoms with Crippen molar-refractivity contribution in [3.63, 3.8) is 0 Å². The Labute approximate surface area is 208 Å². The smallest absolute Gasteiger partial charge is 0.191 e. The average Bonchev–Trinajstić information content (AvgIpc) is 2.70. The van der Waals surface area contributed by atoms with Gasteiger partial charge in [0.25, 0.3) is 0 Å². The first-order chi connectivity index (χ1) is 14.7. The Morgan fingerprint density at radius 2 is 1.78 bits per heavy atom. The first-order valence-corrected chi connectivity index (χ1v) is 12.4. The molecule has 32 heavy (non-hydrogen) atoms. The normalized spacial score (nSPS) is 12.9. The van der Waals surface area contributed by atoms with E-state index < -0.39 is 15.7 Å². The van der Waals surface area contributed by atoms with Gasteiger partial charge >= 0.3 is 0 Å². The van der Waals surface area contributed by atoms with Crippen LogP contribution in [0.5, 0.6) is 0 Å². The summed E-state index contributed by atoms with van der Waals surface area (Å²) in [5.74, 6) is 0.0648. The molecule has 178 valence electrons.